The molecule has 1 N–H and O–H groups in total. The zero-order valence-electron chi connectivity index (χ0n) is 10.1. The first-order valence-electron chi connectivity index (χ1n) is 6.16. The summed E-state index contributed by atoms with van der Waals surface area (Å²) in [5, 5.41) is 0.415. The van der Waals surface area contributed by atoms with Crippen molar-refractivity contribution in [3.05, 3.63) is 56.8 Å². The lowest BCUT2D eigenvalue weighted by molar-refractivity contribution is 0.627. The third-order valence-electron chi connectivity index (χ3n) is 3.20. The van der Waals surface area contributed by atoms with Crippen molar-refractivity contribution >= 4 is 23.8 Å². The summed E-state index contributed by atoms with van der Waals surface area (Å²) in [5.41, 5.74) is 1.99. The van der Waals surface area contributed by atoms with Crippen LogP contribution in [0.15, 0.2) is 24.3 Å². The molecule has 1 saturated carbocycles. The molecule has 5 heteroatoms. The van der Waals surface area contributed by atoms with Crippen LogP contribution in [-0.4, -0.2) is 9.97 Å². The van der Waals surface area contributed by atoms with Crippen molar-refractivity contribution in [2.45, 2.75) is 25.2 Å². The quantitative estimate of drug-likeness (QED) is 0.850. The highest BCUT2D eigenvalue weighted by molar-refractivity contribution is 7.71. The summed E-state index contributed by atoms with van der Waals surface area (Å²) in [4.78, 5) is 7.62. The lowest BCUT2D eigenvalue weighted by Gasteiger charge is -2.07. The molecular weight excluding hydrogens is 283 g/mol. The minimum Gasteiger partial charge on any atom is -0.347 e. The lowest BCUT2D eigenvalue weighted by atomic mass is 10.1. The van der Waals surface area contributed by atoms with Crippen molar-refractivity contribution in [1.82, 2.24) is 9.97 Å². The van der Waals surface area contributed by atoms with Crippen molar-refractivity contribution < 1.29 is 4.39 Å². The number of aromatic nitrogens is 2. The Morgan fingerprint density at radius 2 is 2.16 bits per heavy atom. The second-order valence-corrected chi connectivity index (χ2v) is 5.63. The number of nitrogens with zero attached hydrogens (tertiary/aromatic N) is 1. The first-order chi connectivity index (χ1) is 9.11. The predicted molar refractivity (Wildman–Crippen MR) is 75.6 cm³/mol. The predicted octanol–water partition coefficient (Wildman–Crippen LogP) is 4.40. The van der Waals surface area contributed by atoms with Crippen molar-refractivity contribution in [2.24, 2.45) is 0 Å². The molecule has 0 atom stereocenters. The Bertz CT molecular complexity index is 679. The van der Waals surface area contributed by atoms with Crippen molar-refractivity contribution in [2.75, 3.05) is 0 Å². The van der Waals surface area contributed by atoms with Gasteiger partial charge in [0.05, 0.1) is 0 Å². The van der Waals surface area contributed by atoms with Crippen LogP contribution in [0.2, 0.25) is 5.02 Å². The van der Waals surface area contributed by atoms with Gasteiger partial charge in [-0.05, 0) is 42.5 Å². The second kappa shape index (κ2) is 5.02. The Balaban J connectivity index is 1.92. The third kappa shape index (κ3) is 3.01. The molecule has 0 amide bonds. The van der Waals surface area contributed by atoms with Gasteiger partial charge in [-0.3, -0.25) is 0 Å². The molecular formula is C14H12ClFN2S. The fraction of sp³-hybridized carbons (Fsp3) is 0.286. The van der Waals surface area contributed by atoms with Gasteiger partial charge in [0.1, 0.15) is 16.3 Å². The van der Waals surface area contributed by atoms with Crippen LogP contribution in [0.3, 0.4) is 0 Å². The average Bonchev–Trinajstić information content (AvgIpc) is 3.16. The molecule has 0 aliphatic heterocycles. The van der Waals surface area contributed by atoms with Crippen LogP contribution < -0.4 is 0 Å². The van der Waals surface area contributed by atoms with Crippen LogP contribution in [0, 0.1) is 10.5 Å². The fourth-order valence-corrected chi connectivity index (χ4v) is 2.54. The van der Waals surface area contributed by atoms with Gasteiger partial charge in [-0.25, -0.2) is 9.37 Å². The normalized spacial score (nSPS) is 14.6. The smallest absolute Gasteiger partial charge is 0.130 e. The van der Waals surface area contributed by atoms with E-state index in [-0.39, 0.29) is 5.82 Å². The van der Waals surface area contributed by atoms with E-state index >= 15 is 0 Å². The molecule has 19 heavy (non-hydrogen) atoms. The Kier molecular flexibility index (Phi) is 3.37. The molecule has 3 rings (SSSR count). The maximum atomic E-state index is 13.0. The molecule has 98 valence electrons. The number of hydrogen-bond donors (Lipinski definition) is 1. The lowest BCUT2D eigenvalue weighted by Crippen LogP contribution is -2.01. The van der Waals surface area contributed by atoms with E-state index < -0.39 is 0 Å². The first kappa shape index (κ1) is 12.8. The van der Waals surface area contributed by atoms with Gasteiger partial charge in [-0.1, -0.05) is 29.9 Å². The minimum absolute atomic E-state index is 0.332. The van der Waals surface area contributed by atoms with Gasteiger partial charge in [-0.2, -0.15) is 0 Å². The molecule has 0 radical (unpaired) electrons. The maximum absolute atomic E-state index is 13.0. The fourth-order valence-electron chi connectivity index (χ4n) is 2.07. The number of aromatic amines is 1. The van der Waals surface area contributed by atoms with Crippen LogP contribution in [0.25, 0.3) is 0 Å². The van der Waals surface area contributed by atoms with Gasteiger partial charge >= 0.3 is 0 Å². The van der Waals surface area contributed by atoms with Crippen LogP contribution in [0.4, 0.5) is 4.39 Å². The maximum Gasteiger partial charge on any atom is 0.130 e. The van der Waals surface area contributed by atoms with E-state index in [2.05, 4.69) is 9.97 Å². The molecule has 0 unspecified atom stereocenters. The molecule has 0 saturated heterocycles. The Morgan fingerprint density at radius 1 is 1.37 bits per heavy atom. The highest BCUT2D eigenvalue weighted by Crippen LogP contribution is 2.38. The summed E-state index contributed by atoms with van der Waals surface area (Å²) in [7, 11) is 0. The molecule has 1 aromatic carbocycles. The zero-order chi connectivity index (χ0) is 13.4. The molecule has 0 bridgehead atoms. The van der Waals surface area contributed by atoms with Gasteiger partial charge in [0.25, 0.3) is 0 Å². The summed E-state index contributed by atoms with van der Waals surface area (Å²) >= 11 is 11.2. The Labute approximate surface area is 120 Å². The van der Waals surface area contributed by atoms with E-state index in [9.17, 15) is 4.39 Å². The van der Waals surface area contributed by atoms with Crippen molar-refractivity contribution in [3.63, 3.8) is 0 Å². The second-order valence-electron chi connectivity index (χ2n) is 4.81. The highest BCUT2D eigenvalue weighted by atomic mass is 35.5. The van der Waals surface area contributed by atoms with Gasteiger partial charge in [0, 0.05) is 17.1 Å². The first-order valence-corrected chi connectivity index (χ1v) is 6.94. The van der Waals surface area contributed by atoms with Crippen LogP contribution in [-0.2, 0) is 6.42 Å². The van der Waals surface area contributed by atoms with Gasteiger partial charge in [0.15, 0.2) is 0 Å². The Morgan fingerprint density at radius 3 is 2.84 bits per heavy atom. The molecule has 2 aromatic rings. The number of halogens is 2. The summed E-state index contributed by atoms with van der Waals surface area (Å²) in [6, 6.07) is 6.32. The monoisotopic (exact) mass is 294 g/mol. The van der Waals surface area contributed by atoms with Gasteiger partial charge < -0.3 is 4.98 Å². The van der Waals surface area contributed by atoms with Crippen LogP contribution >= 0.6 is 23.8 Å². The largest absolute Gasteiger partial charge is 0.347 e. The van der Waals surface area contributed by atoms with E-state index in [1.807, 2.05) is 6.07 Å². The molecule has 1 aliphatic carbocycles. The molecule has 2 nitrogen and oxygen atoms in total. The third-order valence-corrected chi connectivity index (χ3v) is 3.76. The van der Waals surface area contributed by atoms with E-state index in [0.29, 0.717) is 22.0 Å². The Hall–Kier alpha value is -1.26. The topological polar surface area (TPSA) is 28.7 Å². The van der Waals surface area contributed by atoms with E-state index in [1.165, 1.54) is 25.0 Å². The highest BCUT2D eigenvalue weighted by Gasteiger charge is 2.24. The standard InChI is InChI=1S/C14H12ClFN2S/c15-11-6-10(16)4-3-9(11)5-13-17-12(8-1-2-8)7-14(19)18-13/h3-4,6-8H,1-2,5H2,(H,17,18,19). The average molecular weight is 295 g/mol. The molecule has 1 fully saturated rings. The number of H-pyrrole nitrogens is 1. The van der Waals surface area contributed by atoms with Gasteiger partial charge in [0.2, 0.25) is 0 Å². The number of hydrogen-bond acceptors (Lipinski definition) is 2. The summed E-state index contributed by atoms with van der Waals surface area (Å²) in [6.07, 6.45) is 2.93. The van der Waals surface area contributed by atoms with Gasteiger partial charge in [-0.15, -0.1) is 0 Å². The van der Waals surface area contributed by atoms with Crippen LogP contribution in [0.1, 0.15) is 35.8 Å². The zero-order valence-corrected chi connectivity index (χ0v) is 11.7. The van der Waals surface area contributed by atoms with Crippen molar-refractivity contribution in [3.8, 4) is 0 Å². The molecule has 1 heterocycles. The SMILES string of the molecule is Fc1ccc(Cc2nc(=S)cc(C3CC3)[nH]2)c(Cl)c1. The summed E-state index contributed by atoms with van der Waals surface area (Å²) in [6.45, 7) is 0. The summed E-state index contributed by atoms with van der Waals surface area (Å²) < 4.78 is 13.6. The van der Waals surface area contributed by atoms with Crippen molar-refractivity contribution in [1.29, 1.82) is 0 Å². The number of benzene rings is 1. The minimum atomic E-state index is -0.332. The number of rotatable bonds is 3. The van der Waals surface area contributed by atoms with E-state index in [4.69, 9.17) is 23.8 Å². The number of nitrogens with one attached hydrogen (secondary N) is 1. The molecule has 0 spiro atoms. The van der Waals surface area contributed by atoms with E-state index in [0.717, 1.165) is 17.1 Å². The van der Waals surface area contributed by atoms with E-state index in [1.54, 1.807) is 6.07 Å². The van der Waals surface area contributed by atoms with Crippen LogP contribution in [0.5, 0.6) is 0 Å². The summed E-state index contributed by atoms with van der Waals surface area (Å²) in [5.74, 6) is 1.04. The molecule has 1 aromatic heterocycles. The molecule has 1 aliphatic rings.